The van der Waals surface area contributed by atoms with E-state index in [9.17, 15) is 0 Å². The van der Waals surface area contributed by atoms with Gasteiger partial charge >= 0.3 is 0 Å². The molecule has 26 heavy (non-hydrogen) atoms. The summed E-state index contributed by atoms with van der Waals surface area (Å²) in [5, 5.41) is 9.41. The minimum Gasteiger partial charge on any atom is -0.172 e. The lowest BCUT2D eigenvalue weighted by Crippen LogP contribution is -2.11. The van der Waals surface area contributed by atoms with Crippen molar-refractivity contribution in [2.45, 2.75) is 19.9 Å². The van der Waals surface area contributed by atoms with E-state index in [4.69, 9.17) is 10.2 Å². The number of hydrogen-bond acceptors (Lipinski definition) is 2. The first-order valence-corrected chi connectivity index (χ1v) is 8.82. The molecule has 1 aromatic heterocycles. The summed E-state index contributed by atoms with van der Waals surface area (Å²) in [5.41, 5.74) is 6.66. The Balaban J connectivity index is 1.78. The van der Waals surface area contributed by atoms with Crippen molar-refractivity contribution in [1.82, 2.24) is 15.0 Å². The molecule has 3 nitrogen and oxygen atoms in total. The van der Waals surface area contributed by atoms with Gasteiger partial charge in [-0.1, -0.05) is 83.9 Å². The zero-order valence-corrected chi connectivity index (χ0v) is 15.0. The van der Waals surface area contributed by atoms with Gasteiger partial charge in [-0.25, -0.2) is 0 Å². The van der Waals surface area contributed by atoms with Crippen LogP contribution in [-0.4, -0.2) is 15.0 Å². The molecule has 0 spiro atoms. The van der Waals surface area contributed by atoms with Crippen LogP contribution < -0.4 is 0 Å². The normalized spacial score (nSPS) is 12.7. The molecule has 0 amide bonds. The van der Waals surface area contributed by atoms with Gasteiger partial charge < -0.3 is 0 Å². The highest BCUT2D eigenvalue weighted by atomic mass is 15.5. The van der Waals surface area contributed by atoms with E-state index >= 15 is 0 Å². The highest BCUT2D eigenvalue weighted by Crippen LogP contribution is 2.22. The van der Waals surface area contributed by atoms with Crippen molar-refractivity contribution in [1.29, 1.82) is 0 Å². The Morgan fingerprint density at radius 2 is 1.42 bits per heavy atom. The van der Waals surface area contributed by atoms with Crippen molar-refractivity contribution < 1.29 is 0 Å². The van der Waals surface area contributed by atoms with Gasteiger partial charge in [0, 0.05) is 0 Å². The van der Waals surface area contributed by atoms with E-state index in [1.807, 2.05) is 29.1 Å². The van der Waals surface area contributed by atoms with Crippen molar-refractivity contribution >= 4 is 17.1 Å². The third-order valence-corrected chi connectivity index (χ3v) is 4.45. The van der Waals surface area contributed by atoms with E-state index in [1.54, 1.807) is 0 Å². The number of nitrogens with zero attached hydrogens (tertiary/aromatic N) is 3. The lowest BCUT2D eigenvalue weighted by atomic mass is 10.0. The summed E-state index contributed by atoms with van der Waals surface area (Å²) in [7, 11) is 0. The minimum absolute atomic E-state index is 0.0530. The first kappa shape index (κ1) is 16.3. The molecule has 0 bridgehead atoms. The maximum atomic E-state index is 4.70. The molecule has 1 heterocycles. The average molecular weight is 339 g/mol. The molecular formula is C23H21N3. The number of hydrogen-bond donors (Lipinski definition) is 0. The van der Waals surface area contributed by atoms with Crippen LogP contribution in [0, 0.1) is 13.8 Å². The van der Waals surface area contributed by atoms with E-state index in [1.165, 1.54) is 22.3 Å². The lowest BCUT2D eigenvalue weighted by molar-refractivity contribution is 0.539. The molecule has 0 aliphatic carbocycles. The first-order chi connectivity index (χ1) is 12.7. The van der Waals surface area contributed by atoms with Crippen LogP contribution in [0.25, 0.3) is 17.1 Å². The number of allylic oxidation sites excluding steroid dienone is 1. The average Bonchev–Trinajstić information content (AvgIpc) is 3.06. The highest BCUT2D eigenvalue weighted by molar-refractivity contribution is 5.73. The van der Waals surface area contributed by atoms with Crippen LogP contribution in [-0.2, 0) is 0 Å². The molecule has 0 N–H and O–H groups in total. The summed E-state index contributed by atoms with van der Waals surface area (Å²) in [5.74, 6) is 0. The van der Waals surface area contributed by atoms with Gasteiger partial charge in [0.1, 0.15) is 17.1 Å². The lowest BCUT2D eigenvalue weighted by Gasteiger charge is -2.13. The Hall–Kier alpha value is -3.20. The van der Waals surface area contributed by atoms with Crippen LogP contribution in [0.5, 0.6) is 0 Å². The van der Waals surface area contributed by atoms with Crippen LogP contribution in [0.3, 0.4) is 0 Å². The molecule has 1 atom stereocenters. The number of rotatable bonds is 4. The molecule has 0 saturated heterocycles. The summed E-state index contributed by atoms with van der Waals surface area (Å²) < 4.78 is 0. The van der Waals surface area contributed by atoms with Gasteiger partial charge in [-0.15, -0.1) is 0 Å². The third-order valence-electron chi connectivity index (χ3n) is 4.45. The molecule has 3 aromatic carbocycles. The van der Waals surface area contributed by atoms with Crippen molar-refractivity contribution in [2.75, 3.05) is 0 Å². The monoisotopic (exact) mass is 339 g/mol. The molecule has 4 aromatic rings. The van der Waals surface area contributed by atoms with Gasteiger partial charge in [-0.2, -0.15) is 15.0 Å². The maximum Gasteiger partial charge on any atom is 0.115 e. The molecule has 0 aliphatic rings. The van der Waals surface area contributed by atoms with Gasteiger partial charge in [0.2, 0.25) is 0 Å². The van der Waals surface area contributed by atoms with E-state index in [-0.39, 0.29) is 6.04 Å². The second-order valence-corrected chi connectivity index (χ2v) is 6.64. The maximum absolute atomic E-state index is 4.70. The summed E-state index contributed by atoms with van der Waals surface area (Å²) in [6, 6.07) is 24.9. The van der Waals surface area contributed by atoms with Gasteiger partial charge in [-0.3, -0.25) is 0 Å². The molecule has 0 fully saturated rings. The zero-order chi connectivity index (χ0) is 17.9. The summed E-state index contributed by atoms with van der Waals surface area (Å²) >= 11 is 0. The Bertz CT molecular complexity index is 1040. The minimum atomic E-state index is -0.0530. The fourth-order valence-corrected chi connectivity index (χ4v) is 3.15. The van der Waals surface area contributed by atoms with Crippen LogP contribution in [0.2, 0.25) is 0 Å². The van der Waals surface area contributed by atoms with E-state index in [0.717, 1.165) is 11.0 Å². The van der Waals surface area contributed by atoms with Crippen LogP contribution in [0.15, 0.2) is 78.9 Å². The molecule has 4 rings (SSSR count). The number of aryl methyl sites for hydroxylation is 2. The predicted molar refractivity (Wildman–Crippen MR) is 107 cm³/mol. The topological polar surface area (TPSA) is 30.7 Å². The smallest absolute Gasteiger partial charge is 0.115 e. The van der Waals surface area contributed by atoms with Crippen LogP contribution >= 0.6 is 0 Å². The second-order valence-electron chi connectivity index (χ2n) is 6.64. The first-order valence-electron chi connectivity index (χ1n) is 8.82. The fourth-order valence-electron chi connectivity index (χ4n) is 3.15. The number of aromatic nitrogens is 3. The van der Waals surface area contributed by atoms with Crippen molar-refractivity contribution in [2.24, 2.45) is 0 Å². The molecule has 0 aliphatic heterocycles. The highest BCUT2D eigenvalue weighted by Gasteiger charge is 2.14. The van der Waals surface area contributed by atoms with Crippen LogP contribution in [0.4, 0.5) is 0 Å². The predicted octanol–water partition coefficient (Wildman–Crippen LogP) is 5.35. The quantitative estimate of drug-likeness (QED) is 0.502. The molecular weight excluding hydrogens is 318 g/mol. The Kier molecular flexibility index (Phi) is 4.36. The standard InChI is InChI=1S/C23H21N3/c1-17-7-5-9-19(15-17)13-14-23(20-10-6-8-18(2)16-20)26-24-21-11-3-4-12-22(21)25-26/h3-16,23H,1-2H3/b14-13+. The third kappa shape index (κ3) is 3.42. The largest absolute Gasteiger partial charge is 0.172 e. The van der Waals surface area contributed by atoms with Gasteiger partial charge in [0.25, 0.3) is 0 Å². The summed E-state index contributed by atoms with van der Waals surface area (Å²) in [6.45, 7) is 4.22. The van der Waals surface area contributed by atoms with E-state index < -0.39 is 0 Å². The molecule has 0 radical (unpaired) electrons. The van der Waals surface area contributed by atoms with Gasteiger partial charge in [-0.05, 0) is 37.1 Å². The van der Waals surface area contributed by atoms with Gasteiger partial charge in [0.15, 0.2) is 0 Å². The number of fused-ring (bicyclic) bond motifs is 1. The van der Waals surface area contributed by atoms with Gasteiger partial charge in [0.05, 0.1) is 0 Å². The Morgan fingerprint density at radius 1 is 0.769 bits per heavy atom. The van der Waals surface area contributed by atoms with Crippen molar-refractivity contribution in [3.05, 3.63) is 101 Å². The Morgan fingerprint density at radius 3 is 2.08 bits per heavy atom. The van der Waals surface area contributed by atoms with E-state index in [0.29, 0.717) is 0 Å². The SMILES string of the molecule is Cc1cccc(/C=C/C(c2cccc(C)c2)n2nc3ccccc3n2)c1. The fraction of sp³-hybridized carbons (Fsp3) is 0.130. The Labute approximate surface area is 153 Å². The van der Waals surface area contributed by atoms with E-state index in [2.05, 4.69) is 74.5 Å². The summed E-state index contributed by atoms with van der Waals surface area (Å²) in [6.07, 6.45) is 4.32. The van der Waals surface area contributed by atoms with Crippen molar-refractivity contribution in [3.8, 4) is 0 Å². The molecule has 0 saturated carbocycles. The van der Waals surface area contributed by atoms with Crippen LogP contribution in [0.1, 0.15) is 28.3 Å². The zero-order valence-electron chi connectivity index (χ0n) is 15.0. The number of benzene rings is 3. The molecule has 1 unspecified atom stereocenters. The van der Waals surface area contributed by atoms with Crippen molar-refractivity contribution in [3.63, 3.8) is 0 Å². The molecule has 128 valence electrons. The summed E-state index contributed by atoms with van der Waals surface area (Å²) in [4.78, 5) is 1.81. The molecule has 3 heteroatoms. The second kappa shape index (κ2) is 6.96.